The highest BCUT2D eigenvalue weighted by molar-refractivity contribution is 5.43. The quantitative estimate of drug-likeness (QED) is 0.788. The van der Waals surface area contributed by atoms with Crippen molar-refractivity contribution < 1.29 is 0 Å². The van der Waals surface area contributed by atoms with E-state index >= 15 is 0 Å². The van der Waals surface area contributed by atoms with E-state index in [0.29, 0.717) is 13.0 Å². The fourth-order valence-electron chi connectivity index (χ4n) is 1.39. The summed E-state index contributed by atoms with van der Waals surface area (Å²) in [4.78, 5) is 10.6. The number of hydrogen-bond donors (Lipinski definition) is 1. The predicted octanol–water partition coefficient (Wildman–Crippen LogP) is 1.65. The van der Waals surface area contributed by atoms with Gasteiger partial charge in [0.05, 0.1) is 24.9 Å². The van der Waals surface area contributed by atoms with Gasteiger partial charge in [0, 0.05) is 19.6 Å². The molecule has 0 radical (unpaired) electrons. The van der Waals surface area contributed by atoms with Crippen molar-refractivity contribution in [2.75, 3.05) is 29.9 Å². The summed E-state index contributed by atoms with van der Waals surface area (Å²) in [5.41, 5.74) is 0. The van der Waals surface area contributed by atoms with Crippen LogP contribution in [0.4, 0.5) is 11.6 Å². The molecule has 0 unspecified atom stereocenters. The van der Waals surface area contributed by atoms with Crippen LogP contribution in [0.2, 0.25) is 0 Å². The summed E-state index contributed by atoms with van der Waals surface area (Å²) in [5.74, 6) is 1.59. The Labute approximate surface area is 96.1 Å². The van der Waals surface area contributed by atoms with Crippen LogP contribution in [-0.4, -0.2) is 29.6 Å². The van der Waals surface area contributed by atoms with Crippen molar-refractivity contribution in [2.24, 2.45) is 0 Å². The van der Waals surface area contributed by atoms with E-state index in [1.807, 2.05) is 18.7 Å². The number of anilines is 2. The van der Waals surface area contributed by atoms with E-state index in [-0.39, 0.29) is 0 Å². The third-order valence-electron chi connectivity index (χ3n) is 2.18. The molecule has 16 heavy (non-hydrogen) atoms. The number of nitrogens with zero attached hydrogens (tertiary/aromatic N) is 4. The van der Waals surface area contributed by atoms with E-state index < -0.39 is 0 Å². The molecular formula is C11H17N5. The number of aromatic nitrogens is 2. The standard InChI is InChI=1S/C11H17N5/c1-3-14-10-8-13-9-11(15-10)16(4-2)7-5-6-12/h8-9H,3-5,7H2,1-2H3,(H,14,15). The van der Waals surface area contributed by atoms with Gasteiger partial charge in [-0.1, -0.05) is 0 Å². The molecule has 1 rings (SSSR count). The van der Waals surface area contributed by atoms with Crippen molar-refractivity contribution in [1.29, 1.82) is 5.26 Å². The third kappa shape index (κ3) is 3.39. The maximum atomic E-state index is 8.57. The first-order chi connectivity index (χ1) is 7.81. The van der Waals surface area contributed by atoms with Crippen LogP contribution < -0.4 is 10.2 Å². The molecule has 0 spiro atoms. The first-order valence-electron chi connectivity index (χ1n) is 5.49. The molecule has 0 bridgehead atoms. The van der Waals surface area contributed by atoms with Crippen LogP contribution in [0.25, 0.3) is 0 Å². The molecule has 1 aromatic rings. The molecule has 5 heteroatoms. The summed E-state index contributed by atoms with van der Waals surface area (Å²) < 4.78 is 0. The van der Waals surface area contributed by atoms with E-state index in [0.717, 1.165) is 24.7 Å². The summed E-state index contributed by atoms with van der Waals surface area (Å²) in [6, 6.07) is 2.14. The zero-order valence-electron chi connectivity index (χ0n) is 9.77. The van der Waals surface area contributed by atoms with Crippen LogP contribution in [0, 0.1) is 11.3 Å². The second kappa shape index (κ2) is 6.62. The van der Waals surface area contributed by atoms with Gasteiger partial charge in [-0.05, 0) is 13.8 Å². The normalized spacial score (nSPS) is 9.56. The molecule has 5 nitrogen and oxygen atoms in total. The first-order valence-corrected chi connectivity index (χ1v) is 5.49. The van der Waals surface area contributed by atoms with Crippen LogP contribution in [0.5, 0.6) is 0 Å². The summed E-state index contributed by atoms with van der Waals surface area (Å²) in [6.45, 7) is 6.40. The lowest BCUT2D eigenvalue weighted by Gasteiger charge is -2.20. The van der Waals surface area contributed by atoms with E-state index in [4.69, 9.17) is 5.26 Å². The Hall–Kier alpha value is -1.83. The summed E-state index contributed by atoms with van der Waals surface area (Å²) in [5, 5.41) is 11.7. The Balaban J connectivity index is 2.75. The number of nitriles is 1. The molecule has 0 aliphatic heterocycles. The SMILES string of the molecule is CCNc1cncc(N(CC)CCC#N)n1. The van der Waals surface area contributed by atoms with Crippen LogP contribution >= 0.6 is 0 Å². The smallest absolute Gasteiger partial charge is 0.149 e. The van der Waals surface area contributed by atoms with Gasteiger partial charge in [-0.2, -0.15) is 5.26 Å². The van der Waals surface area contributed by atoms with E-state index in [1.165, 1.54) is 0 Å². The van der Waals surface area contributed by atoms with Crippen LogP contribution in [0.3, 0.4) is 0 Å². The molecule has 0 saturated heterocycles. The van der Waals surface area contributed by atoms with Gasteiger partial charge in [-0.3, -0.25) is 4.98 Å². The third-order valence-corrected chi connectivity index (χ3v) is 2.18. The average molecular weight is 219 g/mol. The van der Waals surface area contributed by atoms with Gasteiger partial charge in [-0.15, -0.1) is 0 Å². The van der Waals surface area contributed by atoms with Gasteiger partial charge in [0.1, 0.15) is 11.6 Å². The number of rotatable bonds is 6. The van der Waals surface area contributed by atoms with Gasteiger partial charge in [-0.25, -0.2) is 4.98 Å². The molecule has 1 N–H and O–H groups in total. The van der Waals surface area contributed by atoms with Crippen molar-refractivity contribution in [3.8, 4) is 6.07 Å². The molecule has 1 aromatic heterocycles. The van der Waals surface area contributed by atoms with Gasteiger partial charge < -0.3 is 10.2 Å². The van der Waals surface area contributed by atoms with E-state index in [9.17, 15) is 0 Å². The van der Waals surface area contributed by atoms with Crippen molar-refractivity contribution in [1.82, 2.24) is 9.97 Å². The number of nitrogens with one attached hydrogen (secondary N) is 1. The average Bonchev–Trinajstić information content (AvgIpc) is 2.31. The molecule has 86 valence electrons. The van der Waals surface area contributed by atoms with Gasteiger partial charge in [0.2, 0.25) is 0 Å². The Morgan fingerprint density at radius 3 is 2.88 bits per heavy atom. The minimum Gasteiger partial charge on any atom is -0.369 e. The molecule has 0 aromatic carbocycles. The Morgan fingerprint density at radius 2 is 2.25 bits per heavy atom. The molecular weight excluding hydrogens is 202 g/mol. The summed E-state index contributed by atoms with van der Waals surface area (Å²) >= 11 is 0. The molecule has 0 aliphatic carbocycles. The zero-order valence-corrected chi connectivity index (χ0v) is 9.77. The fourth-order valence-corrected chi connectivity index (χ4v) is 1.39. The molecule has 0 amide bonds. The summed E-state index contributed by atoms with van der Waals surface area (Å²) in [7, 11) is 0. The van der Waals surface area contributed by atoms with Gasteiger partial charge >= 0.3 is 0 Å². The van der Waals surface area contributed by atoms with E-state index in [2.05, 4.69) is 21.4 Å². The highest BCUT2D eigenvalue weighted by Crippen LogP contribution is 2.12. The molecule has 0 atom stereocenters. The Bertz CT molecular complexity index is 358. The van der Waals surface area contributed by atoms with E-state index in [1.54, 1.807) is 12.4 Å². The molecule has 1 heterocycles. The topological polar surface area (TPSA) is 64.8 Å². The van der Waals surface area contributed by atoms with Crippen molar-refractivity contribution in [3.05, 3.63) is 12.4 Å². The van der Waals surface area contributed by atoms with Crippen molar-refractivity contribution >= 4 is 11.6 Å². The maximum absolute atomic E-state index is 8.57. The predicted molar refractivity (Wildman–Crippen MR) is 64.3 cm³/mol. The van der Waals surface area contributed by atoms with Crippen LogP contribution in [0.1, 0.15) is 20.3 Å². The van der Waals surface area contributed by atoms with Crippen molar-refractivity contribution in [2.45, 2.75) is 20.3 Å². The van der Waals surface area contributed by atoms with Gasteiger partial charge in [0.15, 0.2) is 0 Å². The highest BCUT2D eigenvalue weighted by Gasteiger charge is 2.06. The van der Waals surface area contributed by atoms with Crippen molar-refractivity contribution in [3.63, 3.8) is 0 Å². The lowest BCUT2D eigenvalue weighted by molar-refractivity contribution is 0.807. The monoisotopic (exact) mass is 219 g/mol. The maximum Gasteiger partial charge on any atom is 0.149 e. The van der Waals surface area contributed by atoms with Crippen LogP contribution in [-0.2, 0) is 0 Å². The lowest BCUT2D eigenvalue weighted by atomic mass is 10.4. The minimum atomic E-state index is 0.501. The number of hydrogen-bond acceptors (Lipinski definition) is 5. The minimum absolute atomic E-state index is 0.501. The largest absolute Gasteiger partial charge is 0.369 e. The lowest BCUT2D eigenvalue weighted by Crippen LogP contribution is -2.25. The second-order valence-corrected chi connectivity index (χ2v) is 3.28. The molecule has 0 fully saturated rings. The zero-order chi connectivity index (χ0) is 11.8. The Morgan fingerprint density at radius 1 is 1.44 bits per heavy atom. The first kappa shape index (κ1) is 12.2. The summed E-state index contributed by atoms with van der Waals surface area (Å²) in [6.07, 6.45) is 3.92. The Kier molecular flexibility index (Phi) is 5.06. The van der Waals surface area contributed by atoms with Gasteiger partial charge in [0.25, 0.3) is 0 Å². The highest BCUT2D eigenvalue weighted by atomic mass is 15.2. The fraction of sp³-hybridized carbons (Fsp3) is 0.545. The molecule has 0 aliphatic rings. The van der Waals surface area contributed by atoms with Crippen LogP contribution in [0.15, 0.2) is 12.4 Å². The second-order valence-electron chi connectivity index (χ2n) is 3.28. The molecule has 0 saturated carbocycles.